The maximum Gasteiger partial charge on any atom is 0.268 e. The SMILES string of the molecule is CCn1ncc(C2=NO[C@@H](C(=O)Nc3ccc4c(c3)N(S(C)(=O)=O)CC4)C2)c1C. The van der Waals surface area contributed by atoms with E-state index in [1.54, 1.807) is 18.3 Å². The predicted molar refractivity (Wildman–Crippen MR) is 110 cm³/mol. The molecule has 0 aliphatic carbocycles. The van der Waals surface area contributed by atoms with Crippen LogP contribution in [0.2, 0.25) is 0 Å². The van der Waals surface area contributed by atoms with Crippen LogP contribution in [0.1, 0.15) is 30.2 Å². The Morgan fingerprint density at radius 1 is 1.38 bits per heavy atom. The molecule has 2 aromatic rings. The molecule has 154 valence electrons. The summed E-state index contributed by atoms with van der Waals surface area (Å²) in [4.78, 5) is 18.0. The van der Waals surface area contributed by atoms with Crippen LogP contribution in [0.4, 0.5) is 11.4 Å². The first-order valence-corrected chi connectivity index (χ1v) is 11.3. The van der Waals surface area contributed by atoms with Crippen LogP contribution in [0.15, 0.2) is 29.6 Å². The van der Waals surface area contributed by atoms with Crippen molar-refractivity contribution in [3.63, 3.8) is 0 Å². The Balaban J connectivity index is 1.45. The maximum absolute atomic E-state index is 12.7. The fraction of sp³-hybridized carbons (Fsp3) is 0.421. The number of carbonyl (C=O) groups is 1. The van der Waals surface area contributed by atoms with E-state index in [1.807, 2.05) is 24.6 Å². The molecule has 0 radical (unpaired) electrons. The molecule has 0 bridgehead atoms. The van der Waals surface area contributed by atoms with Crippen molar-refractivity contribution in [1.29, 1.82) is 0 Å². The molecular weight excluding hydrogens is 394 g/mol. The van der Waals surface area contributed by atoms with E-state index in [1.165, 1.54) is 10.6 Å². The molecule has 2 aliphatic rings. The number of oxime groups is 1. The molecule has 1 aromatic carbocycles. The number of carbonyl (C=O) groups excluding carboxylic acids is 1. The Hall–Kier alpha value is -2.88. The quantitative estimate of drug-likeness (QED) is 0.797. The van der Waals surface area contributed by atoms with Crippen molar-refractivity contribution in [2.24, 2.45) is 5.16 Å². The number of hydrogen-bond donors (Lipinski definition) is 1. The lowest BCUT2D eigenvalue weighted by atomic mass is 10.1. The van der Waals surface area contributed by atoms with Gasteiger partial charge in [0.1, 0.15) is 0 Å². The Bertz CT molecular complexity index is 1110. The van der Waals surface area contributed by atoms with Crippen molar-refractivity contribution < 1.29 is 18.0 Å². The van der Waals surface area contributed by atoms with Gasteiger partial charge in [-0.3, -0.25) is 13.8 Å². The zero-order chi connectivity index (χ0) is 20.8. The number of fused-ring (bicyclic) bond motifs is 1. The molecule has 1 atom stereocenters. The fourth-order valence-corrected chi connectivity index (χ4v) is 4.67. The summed E-state index contributed by atoms with van der Waals surface area (Å²) in [6.45, 7) is 5.14. The Morgan fingerprint density at radius 2 is 2.17 bits per heavy atom. The topological polar surface area (TPSA) is 106 Å². The lowest BCUT2D eigenvalue weighted by Crippen LogP contribution is -2.29. The van der Waals surface area contributed by atoms with Gasteiger partial charge in [-0.2, -0.15) is 5.10 Å². The zero-order valence-corrected chi connectivity index (χ0v) is 17.4. The van der Waals surface area contributed by atoms with E-state index in [9.17, 15) is 13.2 Å². The Kier molecular flexibility index (Phi) is 4.81. The normalized spacial score (nSPS) is 18.4. The van der Waals surface area contributed by atoms with Gasteiger partial charge in [-0.05, 0) is 38.0 Å². The standard InChI is InChI=1S/C19H23N5O4S/c1-4-23-12(2)15(11-20-23)16-10-18(28-22-16)19(25)21-14-6-5-13-7-8-24(17(13)9-14)29(3,26)27/h5-6,9,11,18H,4,7-8,10H2,1-3H3,(H,21,25)/t18-/m1/s1. The number of nitrogens with zero attached hydrogens (tertiary/aromatic N) is 4. The molecule has 9 nitrogen and oxygen atoms in total. The summed E-state index contributed by atoms with van der Waals surface area (Å²) in [7, 11) is -3.35. The fourth-order valence-electron chi connectivity index (χ4n) is 3.72. The Labute approximate surface area is 169 Å². The largest absolute Gasteiger partial charge is 0.382 e. The van der Waals surface area contributed by atoms with E-state index in [0.29, 0.717) is 36.5 Å². The van der Waals surface area contributed by atoms with E-state index in [4.69, 9.17) is 4.84 Å². The smallest absolute Gasteiger partial charge is 0.268 e. The summed E-state index contributed by atoms with van der Waals surface area (Å²) in [6.07, 6.45) is 3.18. The molecule has 3 heterocycles. The second-order valence-corrected chi connectivity index (χ2v) is 9.12. The molecule has 29 heavy (non-hydrogen) atoms. The van der Waals surface area contributed by atoms with E-state index in [2.05, 4.69) is 15.6 Å². The number of hydrogen-bond acceptors (Lipinski definition) is 6. The van der Waals surface area contributed by atoms with Crippen LogP contribution in [0.5, 0.6) is 0 Å². The minimum absolute atomic E-state index is 0.326. The molecule has 1 aromatic heterocycles. The summed E-state index contributed by atoms with van der Waals surface area (Å²) >= 11 is 0. The lowest BCUT2D eigenvalue weighted by molar-refractivity contribution is -0.125. The third kappa shape index (κ3) is 3.59. The third-order valence-electron chi connectivity index (χ3n) is 5.28. The highest BCUT2D eigenvalue weighted by atomic mass is 32.2. The van der Waals surface area contributed by atoms with Crippen molar-refractivity contribution in [2.45, 2.75) is 39.3 Å². The van der Waals surface area contributed by atoms with E-state index in [0.717, 1.165) is 23.4 Å². The third-order valence-corrected chi connectivity index (χ3v) is 6.46. The molecule has 1 N–H and O–H groups in total. The molecule has 0 spiro atoms. The minimum atomic E-state index is -3.35. The van der Waals surface area contributed by atoms with Gasteiger partial charge in [0.05, 0.1) is 23.9 Å². The summed E-state index contributed by atoms with van der Waals surface area (Å²) in [6, 6.07) is 5.30. The van der Waals surface area contributed by atoms with Gasteiger partial charge >= 0.3 is 0 Å². The summed E-state index contributed by atoms with van der Waals surface area (Å²) in [5.74, 6) is -0.326. The molecule has 2 aliphatic heterocycles. The second-order valence-electron chi connectivity index (χ2n) is 7.21. The van der Waals surface area contributed by atoms with Crippen LogP contribution in [0, 0.1) is 6.92 Å². The lowest BCUT2D eigenvalue weighted by Gasteiger charge is -2.17. The molecular formula is C19H23N5O4S. The maximum atomic E-state index is 12.7. The van der Waals surface area contributed by atoms with Gasteiger partial charge in [0.25, 0.3) is 5.91 Å². The summed E-state index contributed by atoms with van der Waals surface area (Å²) < 4.78 is 27.1. The number of rotatable bonds is 5. The molecule has 1 amide bonds. The van der Waals surface area contributed by atoms with Crippen LogP contribution in [0.25, 0.3) is 0 Å². The van der Waals surface area contributed by atoms with E-state index in [-0.39, 0.29) is 5.91 Å². The predicted octanol–water partition coefficient (Wildman–Crippen LogP) is 1.67. The highest BCUT2D eigenvalue weighted by molar-refractivity contribution is 7.92. The molecule has 0 saturated heterocycles. The van der Waals surface area contributed by atoms with Gasteiger partial charge in [-0.25, -0.2) is 8.42 Å². The van der Waals surface area contributed by atoms with Gasteiger partial charge in [0.2, 0.25) is 16.1 Å². The van der Waals surface area contributed by atoms with Gasteiger partial charge in [0.15, 0.2) is 0 Å². The van der Waals surface area contributed by atoms with Crippen molar-refractivity contribution >= 4 is 33.0 Å². The van der Waals surface area contributed by atoms with Crippen LogP contribution in [-0.2, 0) is 32.6 Å². The number of nitrogens with one attached hydrogen (secondary N) is 1. The first-order chi connectivity index (χ1) is 13.8. The van der Waals surface area contributed by atoms with Crippen LogP contribution in [0.3, 0.4) is 0 Å². The number of amides is 1. The number of anilines is 2. The average Bonchev–Trinajstić information content (AvgIpc) is 3.38. The van der Waals surface area contributed by atoms with Crippen LogP contribution >= 0.6 is 0 Å². The highest BCUT2D eigenvalue weighted by Crippen LogP contribution is 2.32. The molecule has 10 heteroatoms. The van der Waals surface area contributed by atoms with Gasteiger partial charge in [0, 0.05) is 36.5 Å². The van der Waals surface area contributed by atoms with Crippen molar-refractivity contribution in [2.75, 3.05) is 22.4 Å². The second kappa shape index (κ2) is 7.18. The molecule has 0 unspecified atom stereocenters. The summed E-state index contributed by atoms with van der Waals surface area (Å²) in [5, 5.41) is 11.2. The number of benzene rings is 1. The highest BCUT2D eigenvalue weighted by Gasteiger charge is 2.31. The van der Waals surface area contributed by atoms with Gasteiger partial charge < -0.3 is 10.2 Å². The zero-order valence-electron chi connectivity index (χ0n) is 16.5. The molecule has 0 saturated carbocycles. The summed E-state index contributed by atoms with van der Waals surface area (Å²) in [5.41, 5.74) is 4.63. The monoisotopic (exact) mass is 417 g/mol. The van der Waals surface area contributed by atoms with E-state index < -0.39 is 16.1 Å². The van der Waals surface area contributed by atoms with Gasteiger partial charge in [-0.15, -0.1) is 0 Å². The first kappa shape index (κ1) is 19.4. The van der Waals surface area contributed by atoms with Crippen molar-refractivity contribution in [3.05, 3.63) is 41.2 Å². The van der Waals surface area contributed by atoms with Crippen LogP contribution < -0.4 is 9.62 Å². The average molecular weight is 417 g/mol. The van der Waals surface area contributed by atoms with E-state index >= 15 is 0 Å². The number of sulfonamides is 1. The van der Waals surface area contributed by atoms with Crippen molar-refractivity contribution in [1.82, 2.24) is 9.78 Å². The minimum Gasteiger partial charge on any atom is -0.382 e. The van der Waals surface area contributed by atoms with Crippen LogP contribution in [-0.4, -0.2) is 48.7 Å². The Morgan fingerprint density at radius 3 is 2.86 bits per heavy atom. The molecule has 0 fully saturated rings. The number of aromatic nitrogens is 2. The van der Waals surface area contributed by atoms with Gasteiger partial charge in [-0.1, -0.05) is 11.2 Å². The molecule has 4 rings (SSSR count). The first-order valence-electron chi connectivity index (χ1n) is 9.45. The number of aryl methyl sites for hydroxylation is 1. The van der Waals surface area contributed by atoms with Crippen molar-refractivity contribution in [3.8, 4) is 0 Å².